The van der Waals surface area contributed by atoms with Crippen LogP contribution >= 0.6 is 15.9 Å². The fraction of sp³-hybridized carbons (Fsp3) is 0.571. The van der Waals surface area contributed by atoms with Crippen molar-refractivity contribution in [3.8, 4) is 0 Å². The Balaban J connectivity index is 2.50. The number of aromatic nitrogens is 1. The van der Waals surface area contributed by atoms with E-state index in [1.54, 1.807) is 0 Å². The van der Waals surface area contributed by atoms with Gasteiger partial charge in [0.15, 0.2) is 14.4 Å². The summed E-state index contributed by atoms with van der Waals surface area (Å²) in [5, 5.41) is 3.03. The van der Waals surface area contributed by atoms with Gasteiger partial charge in [-0.1, -0.05) is 5.16 Å². The number of nitrogens with two attached hydrogens (primary N) is 1. The summed E-state index contributed by atoms with van der Waals surface area (Å²) < 4.78 is 28.3. The van der Waals surface area contributed by atoms with Gasteiger partial charge < -0.3 is 10.3 Å². The first-order chi connectivity index (χ1) is 6.52. The van der Waals surface area contributed by atoms with Crippen LogP contribution in [-0.2, 0) is 9.84 Å². The van der Waals surface area contributed by atoms with Crippen molar-refractivity contribution in [1.29, 1.82) is 0 Å². The normalized spacial score (nSPS) is 25.4. The maximum Gasteiger partial charge on any atom is 0.227 e. The van der Waals surface area contributed by atoms with Crippen LogP contribution in [0.15, 0.2) is 9.13 Å². The van der Waals surface area contributed by atoms with E-state index >= 15 is 0 Å². The molecule has 2 rings (SSSR count). The molecule has 0 bridgehead atoms. The van der Waals surface area contributed by atoms with E-state index in [4.69, 9.17) is 10.3 Å². The number of nitrogens with zero attached hydrogens (tertiary/aromatic N) is 1. The number of hydrogen-bond donors (Lipinski definition) is 1. The first-order valence-corrected chi connectivity index (χ1v) is 6.65. The Hall–Kier alpha value is -0.560. The van der Waals surface area contributed by atoms with E-state index in [0.29, 0.717) is 23.0 Å². The Morgan fingerprint density at radius 3 is 2.71 bits per heavy atom. The molecule has 2 N–H and O–H groups in total. The summed E-state index contributed by atoms with van der Waals surface area (Å²) in [6.07, 6.45) is 1.26. The van der Waals surface area contributed by atoms with Crippen molar-refractivity contribution in [2.45, 2.75) is 18.1 Å². The lowest BCUT2D eigenvalue weighted by Gasteiger charge is -2.06. The SMILES string of the molecule is Nc1onc(Br)c1C1CCCS1(=O)=O. The Morgan fingerprint density at radius 1 is 1.57 bits per heavy atom. The van der Waals surface area contributed by atoms with Crippen molar-refractivity contribution in [3.63, 3.8) is 0 Å². The molecule has 5 nitrogen and oxygen atoms in total. The zero-order valence-corrected chi connectivity index (χ0v) is 9.64. The van der Waals surface area contributed by atoms with E-state index in [9.17, 15) is 8.42 Å². The highest BCUT2D eigenvalue weighted by Crippen LogP contribution is 2.40. The van der Waals surface area contributed by atoms with Gasteiger partial charge in [0.1, 0.15) is 0 Å². The molecule has 0 aromatic carbocycles. The van der Waals surface area contributed by atoms with Gasteiger partial charge in [0, 0.05) is 0 Å². The smallest absolute Gasteiger partial charge is 0.227 e. The minimum absolute atomic E-state index is 0.0901. The van der Waals surface area contributed by atoms with Gasteiger partial charge in [-0.2, -0.15) is 0 Å². The van der Waals surface area contributed by atoms with Crippen molar-refractivity contribution < 1.29 is 12.9 Å². The molecule has 0 radical (unpaired) electrons. The molecule has 0 saturated carbocycles. The zero-order chi connectivity index (χ0) is 10.3. The number of nitrogen functional groups attached to an aromatic ring is 1. The molecule has 2 heterocycles. The van der Waals surface area contributed by atoms with Gasteiger partial charge in [-0.25, -0.2) is 8.42 Å². The average molecular weight is 281 g/mol. The van der Waals surface area contributed by atoms with Crippen molar-refractivity contribution in [2.75, 3.05) is 11.5 Å². The second-order valence-electron chi connectivity index (χ2n) is 3.25. The zero-order valence-electron chi connectivity index (χ0n) is 7.23. The molecule has 1 aliphatic rings. The van der Waals surface area contributed by atoms with E-state index in [1.807, 2.05) is 0 Å². The fourth-order valence-corrected chi connectivity index (χ4v) is 4.36. The van der Waals surface area contributed by atoms with Crippen LogP contribution in [0.5, 0.6) is 0 Å². The summed E-state index contributed by atoms with van der Waals surface area (Å²) in [6, 6.07) is 0. The molecule has 1 aromatic heterocycles. The van der Waals surface area contributed by atoms with Crippen LogP contribution in [0.3, 0.4) is 0 Å². The van der Waals surface area contributed by atoms with Crippen molar-refractivity contribution in [1.82, 2.24) is 5.16 Å². The largest absolute Gasteiger partial charge is 0.367 e. The maximum absolute atomic E-state index is 11.6. The van der Waals surface area contributed by atoms with Crippen LogP contribution in [0.25, 0.3) is 0 Å². The molecular weight excluding hydrogens is 272 g/mol. The maximum atomic E-state index is 11.6. The van der Waals surface area contributed by atoms with Gasteiger partial charge in [-0.05, 0) is 28.8 Å². The van der Waals surface area contributed by atoms with Gasteiger partial charge in [-0.15, -0.1) is 0 Å². The van der Waals surface area contributed by atoms with E-state index in [2.05, 4.69) is 21.1 Å². The molecule has 0 aliphatic carbocycles. The molecule has 1 atom stereocenters. The van der Waals surface area contributed by atoms with Gasteiger partial charge in [0.2, 0.25) is 5.88 Å². The second kappa shape index (κ2) is 3.23. The van der Waals surface area contributed by atoms with E-state index in [-0.39, 0.29) is 11.6 Å². The summed E-state index contributed by atoms with van der Waals surface area (Å²) in [5.41, 5.74) is 5.99. The first kappa shape index (κ1) is 9.97. The number of hydrogen-bond acceptors (Lipinski definition) is 5. The third-order valence-electron chi connectivity index (χ3n) is 2.36. The molecule has 1 saturated heterocycles. The Morgan fingerprint density at radius 2 is 2.29 bits per heavy atom. The predicted molar refractivity (Wildman–Crippen MR) is 54.4 cm³/mol. The van der Waals surface area contributed by atoms with Crippen molar-refractivity contribution >= 4 is 31.7 Å². The monoisotopic (exact) mass is 280 g/mol. The molecule has 7 heteroatoms. The van der Waals surface area contributed by atoms with E-state index < -0.39 is 15.1 Å². The van der Waals surface area contributed by atoms with Crippen LogP contribution in [-0.4, -0.2) is 19.3 Å². The molecule has 1 aromatic rings. The summed E-state index contributed by atoms with van der Waals surface area (Å²) in [7, 11) is -3.07. The average Bonchev–Trinajstić information content (AvgIpc) is 2.57. The Kier molecular flexibility index (Phi) is 2.30. The van der Waals surface area contributed by atoms with Gasteiger partial charge >= 0.3 is 0 Å². The highest BCUT2D eigenvalue weighted by molar-refractivity contribution is 9.10. The molecule has 1 aliphatic heterocycles. The predicted octanol–water partition coefficient (Wildman–Crippen LogP) is 1.27. The van der Waals surface area contributed by atoms with Gasteiger partial charge in [0.25, 0.3) is 0 Å². The van der Waals surface area contributed by atoms with Gasteiger partial charge in [-0.3, -0.25) is 0 Å². The van der Waals surface area contributed by atoms with Crippen LogP contribution in [0.4, 0.5) is 5.88 Å². The molecule has 14 heavy (non-hydrogen) atoms. The number of halogens is 1. The lowest BCUT2D eigenvalue weighted by atomic mass is 10.1. The van der Waals surface area contributed by atoms with Crippen molar-refractivity contribution in [2.24, 2.45) is 0 Å². The first-order valence-electron chi connectivity index (χ1n) is 4.14. The number of sulfone groups is 1. The summed E-state index contributed by atoms with van der Waals surface area (Å²) in [4.78, 5) is 0. The van der Waals surface area contributed by atoms with Crippen molar-refractivity contribution in [3.05, 3.63) is 10.2 Å². The lowest BCUT2D eigenvalue weighted by molar-refractivity contribution is 0.431. The number of rotatable bonds is 1. The molecule has 1 fully saturated rings. The quantitative estimate of drug-likeness (QED) is 0.837. The summed E-state index contributed by atoms with van der Waals surface area (Å²) in [5.74, 6) is 0.307. The van der Waals surface area contributed by atoms with Crippen LogP contribution in [0.1, 0.15) is 23.7 Å². The van der Waals surface area contributed by atoms with Crippen LogP contribution < -0.4 is 5.73 Å². The Labute approximate surface area is 89.7 Å². The minimum atomic E-state index is -3.07. The Bertz CT molecular complexity index is 434. The second-order valence-corrected chi connectivity index (χ2v) is 6.30. The van der Waals surface area contributed by atoms with E-state index in [1.165, 1.54) is 0 Å². The molecule has 1 unspecified atom stereocenters. The molecular formula is C7H9BrN2O3S. The van der Waals surface area contributed by atoms with Crippen LogP contribution in [0.2, 0.25) is 0 Å². The summed E-state index contributed by atoms with van der Waals surface area (Å²) >= 11 is 3.13. The van der Waals surface area contributed by atoms with Crippen LogP contribution in [0, 0.1) is 0 Å². The third kappa shape index (κ3) is 1.44. The van der Waals surface area contributed by atoms with Gasteiger partial charge in [0.05, 0.1) is 16.6 Å². The molecule has 0 amide bonds. The van der Waals surface area contributed by atoms with E-state index in [0.717, 1.165) is 0 Å². The molecule has 0 spiro atoms. The molecule has 78 valence electrons. The fourth-order valence-electron chi connectivity index (χ4n) is 1.70. The topological polar surface area (TPSA) is 86.2 Å². The number of anilines is 1. The highest BCUT2D eigenvalue weighted by atomic mass is 79.9. The third-order valence-corrected chi connectivity index (χ3v) is 5.13. The lowest BCUT2D eigenvalue weighted by Crippen LogP contribution is -2.09. The standard InChI is InChI=1S/C7H9BrN2O3S/c8-6-5(7(9)13-10-6)4-2-1-3-14(4,11)12/h4H,1-3,9H2. The summed E-state index contributed by atoms with van der Waals surface area (Å²) in [6.45, 7) is 0. The minimum Gasteiger partial charge on any atom is -0.367 e. The highest BCUT2D eigenvalue weighted by Gasteiger charge is 2.37.